The Hall–Kier alpha value is -2.99. The SMILES string of the molecule is CC(C=NNC(=O)c1cc(-c2cccs2)[nH]n1)=Cc1ccccc1. The van der Waals surface area contributed by atoms with Crippen LogP contribution in [0.15, 0.2) is 64.6 Å². The lowest BCUT2D eigenvalue weighted by molar-refractivity contribution is 0.0950. The van der Waals surface area contributed by atoms with Crippen molar-refractivity contribution < 1.29 is 4.79 Å². The fourth-order valence-electron chi connectivity index (χ4n) is 2.10. The second-order valence-corrected chi connectivity index (χ2v) is 6.09. The van der Waals surface area contributed by atoms with Gasteiger partial charge in [-0.25, -0.2) is 5.43 Å². The second kappa shape index (κ2) is 7.52. The molecule has 0 spiro atoms. The second-order valence-electron chi connectivity index (χ2n) is 5.14. The van der Waals surface area contributed by atoms with Crippen LogP contribution in [0, 0.1) is 0 Å². The van der Waals surface area contributed by atoms with Crippen LogP contribution < -0.4 is 5.43 Å². The Morgan fingerprint density at radius 2 is 2.08 bits per heavy atom. The van der Waals surface area contributed by atoms with Crippen LogP contribution in [0.3, 0.4) is 0 Å². The number of nitrogens with zero attached hydrogens (tertiary/aromatic N) is 2. The van der Waals surface area contributed by atoms with Crippen molar-refractivity contribution in [3.63, 3.8) is 0 Å². The number of hydrogen-bond acceptors (Lipinski definition) is 4. The predicted octanol–water partition coefficient (Wildman–Crippen LogP) is 3.96. The molecule has 1 amide bonds. The molecule has 3 aromatic rings. The van der Waals surface area contributed by atoms with Gasteiger partial charge in [-0.2, -0.15) is 10.2 Å². The quantitative estimate of drug-likeness (QED) is 0.547. The molecule has 0 saturated carbocycles. The average Bonchev–Trinajstić information content (AvgIpc) is 3.27. The van der Waals surface area contributed by atoms with Crippen molar-refractivity contribution in [3.05, 3.63) is 70.7 Å². The van der Waals surface area contributed by atoms with Crippen molar-refractivity contribution in [2.45, 2.75) is 6.92 Å². The fraction of sp³-hybridized carbons (Fsp3) is 0.0556. The number of amides is 1. The first kappa shape index (κ1) is 15.9. The van der Waals surface area contributed by atoms with Crippen LogP contribution in [-0.2, 0) is 0 Å². The topological polar surface area (TPSA) is 70.1 Å². The van der Waals surface area contributed by atoms with E-state index >= 15 is 0 Å². The van der Waals surface area contributed by atoms with E-state index in [1.807, 2.05) is 60.8 Å². The molecule has 5 nitrogen and oxygen atoms in total. The molecule has 0 aliphatic rings. The standard InChI is InChI=1S/C18H16N4OS/c1-13(10-14-6-3-2-4-7-14)12-19-22-18(23)16-11-15(20-21-16)17-8-5-9-24-17/h2-12H,1H3,(H,20,21)(H,22,23). The van der Waals surface area contributed by atoms with Crippen molar-refractivity contribution in [2.24, 2.45) is 5.10 Å². The molecule has 0 atom stereocenters. The van der Waals surface area contributed by atoms with Gasteiger partial charge in [0, 0.05) is 0 Å². The number of rotatable bonds is 5. The van der Waals surface area contributed by atoms with Crippen molar-refractivity contribution in [1.29, 1.82) is 0 Å². The van der Waals surface area contributed by atoms with E-state index in [-0.39, 0.29) is 5.91 Å². The maximum Gasteiger partial charge on any atom is 0.291 e. The molecule has 6 heteroatoms. The molecule has 2 aromatic heterocycles. The maximum absolute atomic E-state index is 12.0. The summed E-state index contributed by atoms with van der Waals surface area (Å²) < 4.78 is 0. The van der Waals surface area contributed by atoms with Crippen LogP contribution in [0.1, 0.15) is 23.0 Å². The number of allylic oxidation sites excluding steroid dienone is 1. The molecule has 2 N–H and O–H groups in total. The third-order valence-electron chi connectivity index (χ3n) is 3.23. The Morgan fingerprint density at radius 3 is 2.83 bits per heavy atom. The molecule has 0 unspecified atom stereocenters. The van der Waals surface area contributed by atoms with Crippen LogP contribution in [0.4, 0.5) is 0 Å². The first-order valence-electron chi connectivity index (χ1n) is 7.38. The van der Waals surface area contributed by atoms with Crippen molar-refractivity contribution >= 4 is 29.5 Å². The van der Waals surface area contributed by atoms with Crippen LogP contribution in [0.2, 0.25) is 0 Å². The highest BCUT2D eigenvalue weighted by atomic mass is 32.1. The minimum Gasteiger partial charge on any atom is -0.276 e. The summed E-state index contributed by atoms with van der Waals surface area (Å²) in [5.74, 6) is -0.349. The third kappa shape index (κ3) is 4.05. The molecule has 24 heavy (non-hydrogen) atoms. The lowest BCUT2D eigenvalue weighted by Crippen LogP contribution is -2.17. The molecule has 0 aliphatic carbocycles. The molecule has 120 valence electrons. The highest BCUT2D eigenvalue weighted by molar-refractivity contribution is 7.13. The normalized spacial score (nSPS) is 11.8. The monoisotopic (exact) mass is 336 g/mol. The molecule has 0 fully saturated rings. The van der Waals surface area contributed by atoms with Gasteiger partial charge < -0.3 is 0 Å². The third-order valence-corrected chi connectivity index (χ3v) is 4.13. The zero-order valence-corrected chi connectivity index (χ0v) is 13.9. The van der Waals surface area contributed by atoms with E-state index in [1.165, 1.54) is 0 Å². The summed E-state index contributed by atoms with van der Waals surface area (Å²) in [5.41, 5.74) is 5.63. The maximum atomic E-state index is 12.0. The molecule has 2 heterocycles. The molecule has 0 radical (unpaired) electrons. The zero-order chi connectivity index (χ0) is 16.8. The number of H-pyrrole nitrogens is 1. The Kier molecular flexibility index (Phi) is 4.98. The summed E-state index contributed by atoms with van der Waals surface area (Å²) in [6, 6.07) is 15.6. The van der Waals surface area contributed by atoms with Gasteiger partial charge in [0.15, 0.2) is 5.69 Å². The number of hydrazone groups is 1. The number of carbonyl (C=O) groups is 1. The van der Waals surface area contributed by atoms with E-state index < -0.39 is 0 Å². The van der Waals surface area contributed by atoms with Gasteiger partial charge in [-0.15, -0.1) is 11.3 Å². The molecule has 3 rings (SSSR count). The van der Waals surface area contributed by atoms with E-state index in [4.69, 9.17) is 0 Å². The number of nitrogens with one attached hydrogen (secondary N) is 2. The van der Waals surface area contributed by atoms with Gasteiger partial charge in [-0.1, -0.05) is 42.5 Å². The van der Waals surface area contributed by atoms with E-state index in [0.717, 1.165) is 21.7 Å². The minimum atomic E-state index is -0.349. The molecule has 0 saturated heterocycles. The number of thiophene rings is 1. The van der Waals surface area contributed by atoms with Gasteiger partial charge in [0.2, 0.25) is 0 Å². The van der Waals surface area contributed by atoms with E-state index in [0.29, 0.717) is 5.69 Å². The summed E-state index contributed by atoms with van der Waals surface area (Å²) in [7, 11) is 0. The van der Waals surface area contributed by atoms with Gasteiger partial charge in [-0.05, 0) is 35.6 Å². The molecule has 0 bridgehead atoms. The molecule has 0 aliphatic heterocycles. The Labute approximate surface area is 143 Å². The van der Waals surface area contributed by atoms with E-state index in [2.05, 4.69) is 20.7 Å². The predicted molar refractivity (Wildman–Crippen MR) is 98.0 cm³/mol. The number of benzene rings is 1. The zero-order valence-electron chi connectivity index (χ0n) is 13.1. The largest absolute Gasteiger partial charge is 0.291 e. The average molecular weight is 336 g/mol. The van der Waals surface area contributed by atoms with Crippen LogP contribution in [0.5, 0.6) is 0 Å². The number of hydrogen-bond donors (Lipinski definition) is 2. The van der Waals surface area contributed by atoms with Gasteiger partial charge in [0.25, 0.3) is 5.91 Å². The fourth-order valence-corrected chi connectivity index (χ4v) is 2.79. The molecular weight excluding hydrogens is 320 g/mol. The summed E-state index contributed by atoms with van der Waals surface area (Å²) >= 11 is 1.58. The first-order chi connectivity index (χ1) is 11.7. The smallest absolute Gasteiger partial charge is 0.276 e. The Balaban J connectivity index is 1.60. The summed E-state index contributed by atoms with van der Waals surface area (Å²) in [6.07, 6.45) is 3.59. The van der Waals surface area contributed by atoms with Gasteiger partial charge in [0.05, 0.1) is 16.8 Å². The van der Waals surface area contributed by atoms with Crippen molar-refractivity contribution in [3.8, 4) is 10.6 Å². The number of aromatic nitrogens is 2. The van der Waals surface area contributed by atoms with Gasteiger partial charge >= 0.3 is 0 Å². The van der Waals surface area contributed by atoms with Crippen molar-refractivity contribution in [1.82, 2.24) is 15.6 Å². The summed E-state index contributed by atoms with van der Waals surface area (Å²) in [4.78, 5) is 13.1. The van der Waals surface area contributed by atoms with Gasteiger partial charge in [-0.3, -0.25) is 9.89 Å². The summed E-state index contributed by atoms with van der Waals surface area (Å²) in [6.45, 7) is 1.92. The summed E-state index contributed by atoms with van der Waals surface area (Å²) in [5, 5.41) is 12.8. The minimum absolute atomic E-state index is 0.306. The van der Waals surface area contributed by atoms with Crippen LogP contribution in [0.25, 0.3) is 16.6 Å². The van der Waals surface area contributed by atoms with Gasteiger partial charge in [0.1, 0.15) is 0 Å². The Morgan fingerprint density at radius 1 is 1.25 bits per heavy atom. The van der Waals surface area contributed by atoms with Crippen LogP contribution >= 0.6 is 11.3 Å². The first-order valence-corrected chi connectivity index (χ1v) is 8.26. The lowest BCUT2D eigenvalue weighted by atomic mass is 10.1. The number of carbonyl (C=O) groups excluding carboxylic acids is 1. The Bertz CT molecular complexity index is 864. The molecular formula is C18H16N4OS. The number of aromatic amines is 1. The lowest BCUT2D eigenvalue weighted by Gasteiger charge is -1.96. The van der Waals surface area contributed by atoms with Crippen LogP contribution in [-0.4, -0.2) is 22.3 Å². The highest BCUT2D eigenvalue weighted by Gasteiger charge is 2.10. The van der Waals surface area contributed by atoms with Crippen molar-refractivity contribution in [2.75, 3.05) is 0 Å². The van der Waals surface area contributed by atoms with E-state index in [1.54, 1.807) is 23.6 Å². The highest BCUT2D eigenvalue weighted by Crippen LogP contribution is 2.22. The molecule has 1 aromatic carbocycles. The van der Waals surface area contributed by atoms with E-state index in [9.17, 15) is 4.79 Å².